The zero-order valence-corrected chi connectivity index (χ0v) is 12.1. The van der Waals surface area contributed by atoms with Crippen molar-refractivity contribution in [1.29, 1.82) is 0 Å². The van der Waals surface area contributed by atoms with Crippen molar-refractivity contribution in [1.82, 2.24) is 15.1 Å². The van der Waals surface area contributed by atoms with E-state index in [1.165, 1.54) is 12.0 Å². The van der Waals surface area contributed by atoms with Crippen LogP contribution in [0.4, 0.5) is 0 Å². The Hall–Kier alpha value is -0.870. The molecule has 4 heteroatoms. The minimum Gasteiger partial charge on any atom is -0.382 e. The molecule has 0 aliphatic rings. The third-order valence-electron chi connectivity index (χ3n) is 3.25. The minimum atomic E-state index is 0.338. The van der Waals surface area contributed by atoms with Gasteiger partial charge >= 0.3 is 0 Å². The number of aromatic nitrogens is 2. The highest BCUT2D eigenvalue weighted by Crippen LogP contribution is 2.10. The number of rotatable bonds is 9. The first-order valence-corrected chi connectivity index (χ1v) is 6.89. The predicted molar refractivity (Wildman–Crippen MR) is 74.7 cm³/mol. The highest BCUT2D eigenvalue weighted by Gasteiger charge is 2.11. The summed E-state index contributed by atoms with van der Waals surface area (Å²) >= 11 is 0. The van der Waals surface area contributed by atoms with Gasteiger partial charge in [0.1, 0.15) is 0 Å². The summed E-state index contributed by atoms with van der Waals surface area (Å²) in [4.78, 5) is 0. The van der Waals surface area contributed by atoms with E-state index in [0.717, 1.165) is 25.8 Å². The molecule has 4 nitrogen and oxygen atoms in total. The fourth-order valence-electron chi connectivity index (χ4n) is 2.04. The van der Waals surface area contributed by atoms with Crippen LogP contribution in [0.5, 0.6) is 0 Å². The summed E-state index contributed by atoms with van der Waals surface area (Å²) in [5, 5.41) is 7.84. The molecule has 1 rings (SSSR count). The third kappa shape index (κ3) is 5.65. The first-order chi connectivity index (χ1) is 8.65. The smallest absolute Gasteiger partial charge is 0.0543 e. The first-order valence-electron chi connectivity index (χ1n) is 6.89. The molecule has 0 amide bonds. The average Bonchev–Trinajstić information content (AvgIpc) is 2.77. The zero-order valence-electron chi connectivity index (χ0n) is 12.1. The number of ether oxygens (including phenoxy) is 1. The average molecular weight is 253 g/mol. The van der Waals surface area contributed by atoms with Gasteiger partial charge in [-0.1, -0.05) is 6.92 Å². The van der Waals surface area contributed by atoms with E-state index in [4.69, 9.17) is 4.74 Å². The van der Waals surface area contributed by atoms with Gasteiger partial charge in [0, 0.05) is 26.4 Å². The van der Waals surface area contributed by atoms with E-state index in [-0.39, 0.29) is 0 Å². The van der Waals surface area contributed by atoms with Crippen LogP contribution in [-0.2, 0) is 18.2 Å². The molecule has 2 unspecified atom stereocenters. The van der Waals surface area contributed by atoms with E-state index in [1.807, 2.05) is 17.9 Å². The van der Waals surface area contributed by atoms with Crippen LogP contribution in [0.15, 0.2) is 12.4 Å². The molecule has 0 aliphatic carbocycles. The fraction of sp³-hybridized carbons (Fsp3) is 0.786. The molecule has 1 aromatic rings. The molecule has 104 valence electrons. The van der Waals surface area contributed by atoms with Gasteiger partial charge in [-0.05, 0) is 44.7 Å². The van der Waals surface area contributed by atoms with Crippen molar-refractivity contribution in [2.24, 2.45) is 7.05 Å². The molecule has 0 saturated heterocycles. The molecular weight excluding hydrogens is 226 g/mol. The van der Waals surface area contributed by atoms with Crippen molar-refractivity contribution in [3.8, 4) is 0 Å². The summed E-state index contributed by atoms with van der Waals surface area (Å²) in [5.41, 5.74) is 1.30. The molecule has 0 radical (unpaired) electrons. The van der Waals surface area contributed by atoms with Crippen molar-refractivity contribution in [3.05, 3.63) is 18.0 Å². The highest BCUT2D eigenvalue weighted by atomic mass is 16.5. The molecule has 0 aliphatic heterocycles. The second-order valence-corrected chi connectivity index (χ2v) is 5.00. The van der Waals surface area contributed by atoms with Crippen molar-refractivity contribution in [3.63, 3.8) is 0 Å². The number of hydrogen-bond donors (Lipinski definition) is 1. The van der Waals surface area contributed by atoms with Gasteiger partial charge in [0.15, 0.2) is 0 Å². The molecule has 0 spiro atoms. The lowest BCUT2D eigenvalue weighted by Gasteiger charge is -2.19. The molecule has 18 heavy (non-hydrogen) atoms. The number of nitrogens with zero attached hydrogens (tertiary/aromatic N) is 2. The molecule has 1 heterocycles. The zero-order chi connectivity index (χ0) is 13.4. The maximum atomic E-state index is 5.32. The Morgan fingerprint density at radius 1 is 1.44 bits per heavy atom. The molecule has 0 bridgehead atoms. The van der Waals surface area contributed by atoms with Crippen molar-refractivity contribution in [2.75, 3.05) is 13.7 Å². The fourth-order valence-corrected chi connectivity index (χ4v) is 2.04. The number of aryl methyl sites for hydroxylation is 1. The van der Waals surface area contributed by atoms with E-state index in [1.54, 1.807) is 7.11 Å². The minimum absolute atomic E-state index is 0.338. The van der Waals surface area contributed by atoms with E-state index in [9.17, 15) is 0 Å². The van der Waals surface area contributed by atoms with Crippen LogP contribution in [-0.4, -0.2) is 35.6 Å². The van der Waals surface area contributed by atoms with Gasteiger partial charge in [-0.2, -0.15) is 5.10 Å². The van der Waals surface area contributed by atoms with Crippen molar-refractivity contribution >= 4 is 0 Å². The Labute approximate surface area is 111 Å². The first kappa shape index (κ1) is 15.2. The van der Waals surface area contributed by atoms with Crippen LogP contribution in [0.1, 0.15) is 38.7 Å². The normalized spacial score (nSPS) is 14.7. The number of hydrogen-bond acceptors (Lipinski definition) is 3. The maximum Gasteiger partial charge on any atom is 0.0543 e. The number of nitrogens with one attached hydrogen (secondary N) is 1. The van der Waals surface area contributed by atoms with E-state index in [2.05, 4.69) is 30.5 Å². The second kappa shape index (κ2) is 8.27. The van der Waals surface area contributed by atoms with Crippen LogP contribution >= 0.6 is 0 Å². The summed E-state index contributed by atoms with van der Waals surface area (Å²) in [5.74, 6) is 0. The van der Waals surface area contributed by atoms with Crippen LogP contribution in [0, 0.1) is 0 Å². The van der Waals surface area contributed by atoms with Gasteiger partial charge in [0.2, 0.25) is 0 Å². The van der Waals surface area contributed by atoms with E-state index >= 15 is 0 Å². The lowest BCUT2D eigenvalue weighted by Crippen LogP contribution is -2.32. The highest BCUT2D eigenvalue weighted by molar-refractivity contribution is 5.05. The van der Waals surface area contributed by atoms with Crippen LogP contribution in [0.25, 0.3) is 0 Å². The topological polar surface area (TPSA) is 39.1 Å². The molecule has 2 atom stereocenters. The molecule has 1 aromatic heterocycles. The predicted octanol–water partition coefficient (Wildman–Crippen LogP) is 2.15. The van der Waals surface area contributed by atoms with Crippen molar-refractivity contribution in [2.45, 2.75) is 51.7 Å². The Morgan fingerprint density at radius 3 is 2.78 bits per heavy atom. The lowest BCUT2D eigenvalue weighted by molar-refractivity contribution is 0.106. The summed E-state index contributed by atoms with van der Waals surface area (Å²) in [6.45, 7) is 5.40. The third-order valence-corrected chi connectivity index (χ3v) is 3.25. The van der Waals surface area contributed by atoms with Crippen LogP contribution in [0.3, 0.4) is 0 Å². The van der Waals surface area contributed by atoms with Crippen LogP contribution in [0.2, 0.25) is 0 Å². The van der Waals surface area contributed by atoms with Crippen LogP contribution < -0.4 is 5.32 Å². The largest absolute Gasteiger partial charge is 0.382 e. The van der Waals surface area contributed by atoms with Gasteiger partial charge < -0.3 is 10.1 Å². The molecule has 0 fully saturated rings. The standard InChI is InChI=1S/C14H27N3O/c1-5-8-15-14(7-6-12(2)18-4)9-13-10-16-17(3)11-13/h10-12,14-15H,5-9H2,1-4H3. The number of methoxy groups -OCH3 is 1. The van der Waals surface area contributed by atoms with Gasteiger partial charge in [-0.25, -0.2) is 0 Å². The molecule has 0 aromatic carbocycles. The lowest BCUT2D eigenvalue weighted by atomic mass is 10.0. The quantitative estimate of drug-likeness (QED) is 0.733. The Morgan fingerprint density at radius 2 is 2.22 bits per heavy atom. The Balaban J connectivity index is 2.44. The Kier molecular flexibility index (Phi) is 6.98. The molecule has 1 N–H and O–H groups in total. The van der Waals surface area contributed by atoms with Gasteiger partial charge in [-0.3, -0.25) is 4.68 Å². The molecular formula is C14H27N3O. The Bertz CT molecular complexity index is 325. The van der Waals surface area contributed by atoms with Gasteiger partial charge in [0.25, 0.3) is 0 Å². The maximum absolute atomic E-state index is 5.32. The van der Waals surface area contributed by atoms with E-state index in [0.29, 0.717) is 12.1 Å². The monoisotopic (exact) mass is 253 g/mol. The molecule has 0 saturated carbocycles. The SMILES string of the molecule is CCCNC(CCC(C)OC)Cc1cnn(C)c1. The summed E-state index contributed by atoms with van der Waals surface area (Å²) in [6.07, 6.45) is 8.85. The van der Waals surface area contributed by atoms with Gasteiger partial charge in [0.05, 0.1) is 12.3 Å². The second-order valence-electron chi connectivity index (χ2n) is 5.00. The summed E-state index contributed by atoms with van der Waals surface area (Å²) in [7, 11) is 3.74. The van der Waals surface area contributed by atoms with E-state index < -0.39 is 0 Å². The van der Waals surface area contributed by atoms with Gasteiger partial charge in [-0.15, -0.1) is 0 Å². The summed E-state index contributed by atoms with van der Waals surface area (Å²) < 4.78 is 7.18. The van der Waals surface area contributed by atoms with Crippen molar-refractivity contribution < 1.29 is 4.74 Å². The summed E-state index contributed by atoms with van der Waals surface area (Å²) in [6, 6.07) is 0.520.